The van der Waals surface area contributed by atoms with Gasteiger partial charge in [-0.05, 0) is 19.3 Å². The van der Waals surface area contributed by atoms with Crippen LogP contribution >= 0.6 is 0 Å². The molecule has 1 aliphatic carbocycles. The van der Waals surface area contributed by atoms with E-state index >= 15 is 0 Å². The Hall–Kier alpha value is -1.39. The normalized spacial score (nSPS) is 14.7. The molecule has 0 atom stereocenters. The highest BCUT2D eigenvalue weighted by atomic mass is 19.1. The summed E-state index contributed by atoms with van der Waals surface area (Å²) >= 11 is 0. The molecule has 0 spiro atoms. The average Bonchev–Trinajstić information content (AvgIpc) is 3.16. The molecule has 18 heavy (non-hydrogen) atoms. The maximum atomic E-state index is 13.9. The van der Waals surface area contributed by atoms with Gasteiger partial charge in [-0.25, -0.2) is 13.8 Å². The number of unbranched alkanes of at least 4 members (excludes halogenated alkanes) is 1. The molecule has 0 bridgehead atoms. The SMILES string of the molecule is CCCCN(c1nc(NC)c(F)cc1F)C1CC1. The van der Waals surface area contributed by atoms with Crippen LogP contribution in [-0.2, 0) is 0 Å². The molecule has 1 saturated carbocycles. The van der Waals surface area contributed by atoms with Crippen LogP contribution in [-0.4, -0.2) is 24.6 Å². The number of rotatable bonds is 6. The molecule has 0 unspecified atom stereocenters. The summed E-state index contributed by atoms with van der Waals surface area (Å²) in [5, 5.41) is 2.65. The minimum Gasteiger partial charge on any atom is -0.371 e. The first-order valence-corrected chi connectivity index (χ1v) is 6.47. The van der Waals surface area contributed by atoms with E-state index in [-0.39, 0.29) is 11.6 Å². The zero-order valence-corrected chi connectivity index (χ0v) is 10.8. The Balaban J connectivity index is 2.28. The summed E-state index contributed by atoms with van der Waals surface area (Å²) in [6.45, 7) is 2.87. The summed E-state index contributed by atoms with van der Waals surface area (Å²) in [6.07, 6.45) is 4.17. The third kappa shape index (κ3) is 2.71. The molecule has 1 fully saturated rings. The molecule has 0 aromatic carbocycles. The average molecular weight is 255 g/mol. The number of nitrogens with one attached hydrogen (secondary N) is 1. The van der Waals surface area contributed by atoms with E-state index in [2.05, 4.69) is 17.2 Å². The van der Waals surface area contributed by atoms with Gasteiger partial charge in [-0.3, -0.25) is 0 Å². The maximum Gasteiger partial charge on any atom is 0.168 e. The fraction of sp³-hybridized carbons (Fsp3) is 0.615. The Kier molecular flexibility index (Phi) is 3.99. The first-order valence-electron chi connectivity index (χ1n) is 6.47. The fourth-order valence-corrected chi connectivity index (χ4v) is 2.01. The first-order chi connectivity index (χ1) is 8.67. The number of pyridine rings is 1. The second kappa shape index (κ2) is 5.50. The summed E-state index contributed by atoms with van der Waals surface area (Å²) in [5.41, 5.74) is 0. The van der Waals surface area contributed by atoms with Gasteiger partial charge in [0, 0.05) is 25.7 Å². The molecule has 100 valence electrons. The zero-order valence-electron chi connectivity index (χ0n) is 10.8. The lowest BCUT2D eigenvalue weighted by atomic mass is 10.3. The van der Waals surface area contributed by atoms with E-state index < -0.39 is 11.6 Å². The monoisotopic (exact) mass is 255 g/mol. The second-order valence-electron chi connectivity index (χ2n) is 4.65. The van der Waals surface area contributed by atoms with Crippen LogP contribution in [0.4, 0.5) is 20.4 Å². The van der Waals surface area contributed by atoms with E-state index in [0.717, 1.165) is 38.3 Å². The minimum absolute atomic E-state index is 0.105. The molecule has 1 heterocycles. The lowest BCUT2D eigenvalue weighted by Gasteiger charge is -2.24. The third-order valence-electron chi connectivity index (χ3n) is 3.16. The van der Waals surface area contributed by atoms with Gasteiger partial charge in [-0.2, -0.15) is 0 Å². The molecule has 1 N–H and O–H groups in total. The van der Waals surface area contributed by atoms with Crippen molar-refractivity contribution in [1.82, 2.24) is 4.98 Å². The summed E-state index contributed by atoms with van der Waals surface area (Å²) < 4.78 is 27.2. The molecule has 1 aliphatic rings. The molecule has 2 rings (SSSR count). The molecule has 0 aliphatic heterocycles. The van der Waals surface area contributed by atoms with Gasteiger partial charge in [-0.1, -0.05) is 13.3 Å². The van der Waals surface area contributed by atoms with Crippen LogP contribution in [0.3, 0.4) is 0 Å². The van der Waals surface area contributed by atoms with Gasteiger partial charge in [0.05, 0.1) is 0 Å². The predicted molar refractivity (Wildman–Crippen MR) is 69.0 cm³/mol. The summed E-state index contributed by atoms with van der Waals surface area (Å²) in [6, 6.07) is 1.28. The number of aromatic nitrogens is 1. The van der Waals surface area contributed by atoms with Gasteiger partial charge in [-0.15, -0.1) is 0 Å². The van der Waals surface area contributed by atoms with Gasteiger partial charge in [0.25, 0.3) is 0 Å². The molecular weight excluding hydrogens is 236 g/mol. The summed E-state index contributed by atoms with van der Waals surface area (Å²) in [7, 11) is 1.58. The van der Waals surface area contributed by atoms with Crippen molar-refractivity contribution in [3.8, 4) is 0 Å². The Morgan fingerprint density at radius 1 is 1.39 bits per heavy atom. The fourth-order valence-electron chi connectivity index (χ4n) is 2.01. The number of halogens is 2. The van der Waals surface area contributed by atoms with Gasteiger partial charge >= 0.3 is 0 Å². The Morgan fingerprint density at radius 2 is 2.11 bits per heavy atom. The van der Waals surface area contributed by atoms with Gasteiger partial charge < -0.3 is 10.2 Å². The zero-order chi connectivity index (χ0) is 13.1. The summed E-state index contributed by atoms with van der Waals surface area (Å²) in [5.74, 6) is -0.843. The van der Waals surface area contributed by atoms with E-state index in [1.807, 2.05) is 4.90 Å². The molecule has 0 amide bonds. The van der Waals surface area contributed by atoms with Crippen molar-refractivity contribution >= 4 is 11.6 Å². The van der Waals surface area contributed by atoms with Gasteiger partial charge in [0.15, 0.2) is 23.3 Å². The van der Waals surface area contributed by atoms with Crippen LogP contribution < -0.4 is 10.2 Å². The molecule has 0 radical (unpaired) electrons. The smallest absolute Gasteiger partial charge is 0.168 e. The topological polar surface area (TPSA) is 28.2 Å². The molecule has 0 saturated heterocycles. The minimum atomic E-state index is -0.648. The van der Waals surface area contributed by atoms with E-state index in [1.54, 1.807) is 7.05 Å². The lowest BCUT2D eigenvalue weighted by molar-refractivity contribution is 0.566. The Morgan fingerprint density at radius 3 is 2.67 bits per heavy atom. The molecule has 1 aromatic rings. The lowest BCUT2D eigenvalue weighted by Crippen LogP contribution is -2.29. The van der Waals surface area contributed by atoms with Crippen LogP contribution in [0, 0.1) is 11.6 Å². The number of nitrogens with zero attached hydrogens (tertiary/aromatic N) is 2. The van der Waals surface area contributed by atoms with Crippen molar-refractivity contribution in [2.45, 2.75) is 38.6 Å². The number of hydrogen-bond donors (Lipinski definition) is 1. The Bertz CT molecular complexity index is 419. The predicted octanol–water partition coefficient (Wildman–Crippen LogP) is 3.17. The highest BCUT2D eigenvalue weighted by Crippen LogP contribution is 2.33. The van der Waals surface area contributed by atoms with Crippen LogP contribution in [0.15, 0.2) is 6.07 Å². The maximum absolute atomic E-state index is 13.9. The van der Waals surface area contributed by atoms with Crippen molar-refractivity contribution in [2.24, 2.45) is 0 Å². The van der Waals surface area contributed by atoms with Crippen molar-refractivity contribution in [3.63, 3.8) is 0 Å². The van der Waals surface area contributed by atoms with Crippen molar-refractivity contribution < 1.29 is 8.78 Å². The van der Waals surface area contributed by atoms with Crippen molar-refractivity contribution in [1.29, 1.82) is 0 Å². The second-order valence-corrected chi connectivity index (χ2v) is 4.65. The van der Waals surface area contributed by atoms with E-state index in [4.69, 9.17) is 0 Å². The number of hydrogen-bond acceptors (Lipinski definition) is 3. The highest BCUT2D eigenvalue weighted by Gasteiger charge is 2.31. The van der Waals surface area contributed by atoms with Crippen LogP contribution in [0.5, 0.6) is 0 Å². The van der Waals surface area contributed by atoms with Crippen LogP contribution in [0.1, 0.15) is 32.6 Å². The first kappa shape index (κ1) is 13.1. The molecular formula is C13H19F2N3. The van der Waals surface area contributed by atoms with E-state index in [9.17, 15) is 8.78 Å². The van der Waals surface area contributed by atoms with Crippen molar-refractivity contribution in [3.05, 3.63) is 17.7 Å². The number of anilines is 2. The molecule has 3 nitrogen and oxygen atoms in total. The van der Waals surface area contributed by atoms with Gasteiger partial charge in [0.2, 0.25) is 0 Å². The van der Waals surface area contributed by atoms with E-state index in [0.29, 0.717) is 6.04 Å². The highest BCUT2D eigenvalue weighted by molar-refractivity contribution is 5.50. The van der Waals surface area contributed by atoms with Crippen LogP contribution in [0.25, 0.3) is 0 Å². The van der Waals surface area contributed by atoms with Crippen LogP contribution in [0.2, 0.25) is 0 Å². The summed E-state index contributed by atoms with van der Waals surface area (Å²) in [4.78, 5) is 6.04. The van der Waals surface area contributed by atoms with E-state index in [1.165, 1.54) is 0 Å². The third-order valence-corrected chi connectivity index (χ3v) is 3.16. The Labute approximate surface area is 106 Å². The standard InChI is InChI=1S/C13H19F2N3/c1-3-4-7-18(9-5-6-9)13-11(15)8-10(14)12(16-2)17-13/h8-9H,3-7H2,1-2H3,(H,16,17). The largest absolute Gasteiger partial charge is 0.371 e. The molecule has 1 aromatic heterocycles. The quantitative estimate of drug-likeness (QED) is 0.846. The molecule has 5 heteroatoms. The van der Waals surface area contributed by atoms with Crippen molar-refractivity contribution in [2.75, 3.05) is 23.8 Å². The van der Waals surface area contributed by atoms with Gasteiger partial charge in [0.1, 0.15) is 0 Å².